The molecule has 1 saturated carbocycles. The minimum atomic E-state index is 0.683. The molecule has 3 rings (SSSR count). The second-order valence-electron chi connectivity index (χ2n) is 6.09. The van der Waals surface area contributed by atoms with Crippen molar-refractivity contribution in [2.45, 2.75) is 37.8 Å². The Kier molecular flexibility index (Phi) is 4.94. The summed E-state index contributed by atoms with van der Waals surface area (Å²) in [4.78, 5) is 2.67. The molecule has 0 spiro atoms. The molecule has 1 N–H and O–H groups in total. The van der Waals surface area contributed by atoms with Crippen LogP contribution in [-0.2, 0) is 0 Å². The van der Waals surface area contributed by atoms with E-state index in [0.29, 0.717) is 6.04 Å². The largest absolute Gasteiger partial charge is 0.496 e. The quantitative estimate of drug-likeness (QED) is 0.870. The molecule has 3 nitrogen and oxygen atoms in total. The maximum atomic E-state index is 5.36. The van der Waals surface area contributed by atoms with Crippen LogP contribution in [0.5, 0.6) is 5.75 Å². The van der Waals surface area contributed by atoms with Crippen LogP contribution < -0.4 is 10.1 Å². The first kappa shape index (κ1) is 14.6. The Labute approximate surface area is 128 Å². The number of rotatable bonds is 6. The molecule has 0 bridgehead atoms. The standard InChI is InChI=1S/C18H26N2O/c1-21-18-7-3-2-5-15(18)6-4-12-19-16-10-13-20(14-11-16)17-8-9-17/h2-7,16-17,19H,8-14H2,1H3/b6-4+. The molecule has 114 valence electrons. The number of hydrogen-bond acceptors (Lipinski definition) is 3. The van der Waals surface area contributed by atoms with Crippen LogP contribution in [0.15, 0.2) is 30.3 Å². The van der Waals surface area contributed by atoms with Crippen molar-refractivity contribution in [2.24, 2.45) is 0 Å². The number of piperidine rings is 1. The summed E-state index contributed by atoms with van der Waals surface area (Å²) in [7, 11) is 1.72. The number of nitrogens with zero attached hydrogens (tertiary/aromatic N) is 1. The lowest BCUT2D eigenvalue weighted by Crippen LogP contribution is -2.43. The molecule has 0 unspecified atom stereocenters. The van der Waals surface area contributed by atoms with E-state index in [9.17, 15) is 0 Å². The van der Waals surface area contributed by atoms with E-state index < -0.39 is 0 Å². The molecule has 1 aliphatic carbocycles. The van der Waals surface area contributed by atoms with Crippen molar-refractivity contribution in [3.63, 3.8) is 0 Å². The van der Waals surface area contributed by atoms with E-state index in [2.05, 4.69) is 28.4 Å². The fraction of sp³-hybridized carbons (Fsp3) is 0.556. The van der Waals surface area contributed by atoms with E-state index in [0.717, 1.165) is 23.9 Å². The molecule has 2 fully saturated rings. The maximum Gasteiger partial charge on any atom is 0.126 e. The van der Waals surface area contributed by atoms with Crippen molar-refractivity contribution in [1.82, 2.24) is 10.2 Å². The predicted octanol–water partition coefficient (Wildman–Crippen LogP) is 2.92. The molecule has 2 aliphatic rings. The molecule has 3 heteroatoms. The van der Waals surface area contributed by atoms with Crippen LogP contribution >= 0.6 is 0 Å². The predicted molar refractivity (Wildman–Crippen MR) is 87.6 cm³/mol. The van der Waals surface area contributed by atoms with Gasteiger partial charge in [-0.3, -0.25) is 0 Å². The van der Waals surface area contributed by atoms with Gasteiger partial charge in [0.2, 0.25) is 0 Å². The molecule has 1 heterocycles. The van der Waals surface area contributed by atoms with Crippen molar-refractivity contribution in [3.05, 3.63) is 35.9 Å². The topological polar surface area (TPSA) is 24.5 Å². The Bertz CT molecular complexity index is 474. The summed E-state index contributed by atoms with van der Waals surface area (Å²) in [5.41, 5.74) is 1.14. The Balaban J connectivity index is 1.40. The summed E-state index contributed by atoms with van der Waals surface area (Å²) in [6.45, 7) is 3.49. The second-order valence-corrected chi connectivity index (χ2v) is 6.09. The van der Waals surface area contributed by atoms with Gasteiger partial charge in [-0.05, 0) is 44.8 Å². The van der Waals surface area contributed by atoms with E-state index in [1.807, 2.05) is 18.2 Å². The van der Waals surface area contributed by atoms with Gasteiger partial charge in [-0.15, -0.1) is 0 Å². The van der Waals surface area contributed by atoms with E-state index in [1.54, 1.807) is 7.11 Å². The van der Waals surface area contributed by atoms with Crippen LogP contribution in [0.3, 0.4) is 0 Å². The highest BCUT2D eigenvalue weighted by Gasteiger charge is 2.31. The average molecular weight is 286 g/mol. The second kappa shape index (κ2) is 7.10. The first-order valence-electron chi connectivity index (χ1n) is 8.14. The third-order valence-corrected chi connectivity index (χ3v) is 4.55. The van der Waals surface area contributed by atoms with Crippen molar-refractivity contribution in [3.8, 4) is 5.75 Å². The molecule has 0 amide bonds. The summed E-state index contributed by atoms with van der Waals surface area (Å²) in [5, 5.41) is 3.65. The third-order valence-electron chi connectivity index (χ3n) is 4.55. The van der Waals surface area contributed by atoms with Crippen LogP contribution in [0, 0.1) is 0 Å². The zero-order valence-electron chi connectivity index (χ0n) is 12.9. The van der Waals surface area contributed by atoms with Gasteiger partial charge in [0.05, 0.1) is 7.11 Å². The molecule has 1 aliphatic heterocycles. The zero-order valence-corrected chi connectivity index (χ0v) is 12.9. The van der Waals surface area contributed by atoms with Crippen LogP contribution in [0.4, 0.5) is 0 Å². The van der Waals surface area contributed by atoms with E-state index in [4.69, 9.17) is 4.74 Å². The monoisotopic (exact) mass is 286 g/mol. The Morgan fingerprint density at radius 3 is 2.67 bits per heavy atom. The summed E-state index contributed by atoms with van der Waals surface area (Å²) in [5.74, 6) is 0.937. The average Bonchev–Trinajstić information content (AvgIpc) is 3.37. The van der Waals surface area contributed by atoms with Crippen molar-refractivity contribution >= 4 is 6.08 Å². The smallest absolute Gasteiger partial charge is 0.126 e. The summed E-state index contributed by atoms with van der Waals surface area (Å²) >= 11 is 0. The Morgan fingerprint density at radius 1 is 1.19 bits per heavy atom. The van der Waals surface area contributed by atoms with Gasteiger partial charge in [0.15, 0.2) is 0 Å². The van der Waals surface area contributed by atoms with Gasteiger partial charge in [-0.2, -0.15) is 0 Å². The van der Waals surface area contributed by atoms with Gasteiger partial charge in [0.25, 0.3) is 0 Å². The van der Waals surface area contributed by atoms with Crippen LogP contribution in [0.2, 0.25) is 0 Å². The number of nitrogens with one attached hydrogen (secondary N) is 1. The van der Waals surface area contributed by atoms with E-state index in [1.165, 1.54) is 38.8 Å². The van der Waals surface area contributed by atoms with Crippen molar-refractivity contribution in [2.75, 3.05) is 26.7 Å². The Hall–Kier alpha value is -1.32. The minimum Gasteiger partial charge on any atom is -0.496 e. The lowest BCUT2D eigenvalue weighted by molar-refractivity contribution is 0.191. The zero-order chi connectivity index (χ0) is 14.5. The first-order chi connectivity index (χ1) is 10.4. The van der Waals surface area contributed by atoms with E-state index >= 15 is 0 Å². The van der Waals surface area contributed by atoms with Gasteiger partial charge in [-0.1, -0.05) is 30.4 Å². The molecule has 1 saturated heterocycles. The first-order valence-corrected chi connectivity index (χ1v) is 8.14. The molecule has 0 aromatic heterocycles. The molecule has 0 atom stereocenters. The molecular formula is C18H26N2O. The molecular weight excluding hydrogens is 260 g/mol. The van der Waals surface area contributed by atoms with Crippen molar-refractivity contribution < 1.29 is 4.74 Å². The van der Waals surface area contributed by atoms with Gasteiger partial charge in [0, 0.05) is 24.2 Å². The number of benzene rings is 1. The number of ether oxygens (including phenoxy) is 1. The number of likely N-dealkylation sites (tertiary alicyclic amines) is 1. The fourth-order valence-corrected chi connectivity index (χ4v) is 3.13. The SMILES string of the molecule is COc1ccccc1/C=C/CNC1CCN(C2CC2)CC1. The summed E-state index contributed by atoms with van der Waals surface area (Å²) < 4.78 is 5.36. The lowest BCUT2D eigenvalue weighted by Gasteiger charge is -2.32. The highest BCUT2D eigenvalue weighted by Crippen LogP contribution is 2.29. The lowest BCUT2D eigenvalue weighted by atomic mass is 10.0. The molecule has 21 heavy (non-hydrogen) atoms. The molecule has 1 aromatic carbocycles. The maximum absolute atomic E-state index is 5.36. The highest BCUT2D eigenvalue weighted by atomic mass is 16.5. The number of hydrogen-bond donors (Lipinski definition) is 1. The Morgan fingerprint density at radius 2 is 1.95 bits per heavy atom. The fourth-order valence-electron chi connectivity index (χ4n) is 3.13. The highest BCUT2D eigenvalue weighted by molar-refractivity contribution is 5.57. The minimum absolute atomic E-state index is 0.683. The summed E-state index contributed by atoms with van der Waals surface area (Å²) in [6, 6.07) is 9.74. The molecule has 1 aromatic rings. The molecule has 0 radical (unpaired) electrons. The number of methoxy groups -OCH3 is 1. The van der Waals surface area contributed by atoms with Gasteiger partial charge in [-0.25, -0.2) is 0 Å². The van der Waals surface area contributed by atoms with Gasteiger partial charge >= 0.3 is 0 Å². The normalized spacial score (nSPS) is 21.0. The van der Waals surface area contributed by atoms with Crippen LogP contribution in [0.25, 0.3) is 6.08 Å². The summed E-state index contributed by atoms with van der Waals surface area (Å²) in [6.07, 6.45) is 9.79. The third kappa shape index (κ3) is 4.08. The van der Waals surface area contributed by atoms with Gasteiger partial charge in [0.1, 0.15) is 5.75 Å². The van der Waals surface area contributed by atoms with Crippen molar-refractivity contribution in [1.29, 1.82) is 0 Å². The van der Waals surface area contributed by atoms with Crippen LogP contribution in [0.1, 0.15) is 31.2 Å². The number of para-hydroxylation sites is 1. The van der Waals surface area contributed by atoms with Crippen LogP contribution in [-0.4, -0.2) is 43.7 Å². The van der Waals surface area contributed by atoms with Gasteiger partial charge < -0.3 is 15.0 Å². The van der Waals surface area contributed by atoms with E-state index in [-0.39, 0.29) is 0 Å².